The minimum atomic E-state index is -0.243. The summed E-state index contributed by atoms with van der Waals surface area (Å²) in [5, 5.41) is 9.79. The first-order valence-corrected chi connectivity index (χ1v) is 8.34. The second kappa shape index (κ2) is 6.79. The average molecular weight is 347 g/mol. The van der Waals surface area contributed by atoms with Crippen LogP contribution in [0.15, 0.2) is 60.7 Å². The molecule has 0 fully saturated rings. The Hall–Kier alpha value is -3.48. The number of nitrogens with one attached hydrogen (secondary N) is 2. The standard InChI is InChI=1S/C19H17N5O2/c25-16(11-13-7-3-1-4-8-13)20-18-22-19-21-17(26)12-15(24(19)23-18)14-9-5-2-6-10-14/h1-10,15H,11-12H2,(H2,20,21,22,23,25,26). The van der Waals surface area contributed by atoms with Gasteiger partial charge >= 0.3 is 0 Å². The van der Waals surface area contributed by atoms with Crippen molar-refractivity contribution < 1.29 is 9.59 Å². The van der Waals surface area contributed by atoms with E-state index in [1.165, 1.54) is 0 Å². The summed E-state index contributed by atoms with van der Waals surface area (Å²) in [5.41, 5.74) is 1.88. The van der Waals surface area contributed by atoms with Gasteiger partial charge in [0, 0.05) is 0 Å². The highest BCUT2D eigenvalue weighted by atomic mass is 16.2. The van der Waals surface area contributed by atoms with Crippen LogP contribution in [0.5, 0.6) is 0 Å². The maximum absolute atomic E-state index is 12.2. The molecule has 0 saturated heterocycles. The van der Waals surface area contributed by atoms with Gasteiger partial charge in [-0.05, 0) is 11.1 Å². The van der Waals surface area contributed by atoms with Crippen molar-refractivity contribution in [2.24, 2.45) is 0 Å². The summed E-state index contributed by atoms with van der Waals surface area (Å²) < 4.78 is 1.65. The third-order valence-electron chi connectivity index (χ3n) is 4.20. The number of hydrogen-bond acceptors (Lipinski definition) is 4. The second-order valence-corrected chi connectivity index (χ2v) is 6.09. The third-order valence-corrected chi connectivity index (χ3v) is 4.20. The topological polar surface area (TPSA) is 88.9 Å². The van der Waals surface area contributed by atoms with Gasteiger partial charge in [0.05, 0.1) is 18.9 Å². The molecule has 0 saturated carbocycles. The fraction of sp³-hybridized carbons (Fsp3) is 0.158. The first-order chi connectivity index (χ1) is 12.7. The van der Waals surface area contributed by atoms with E-state index in [0.29, 0.717) is 5.95 Å². The molecule has 1 aromatic heterocycles. The number of hydrogen-bond donors (Lipinski definition) is 2. The fourth-order valence-electron chi connectivity index (χ4n) is 3.00. The molecular weight excluding hydrogens is 330 g/mol. The summed E-state index contributed by atoms with van der Waals surface area (Å²) in [5.74, 6) is 0.192. The number of aromatic nitrogens is 3. The van der Waals surface area contributed by atoms with Gasteiger partial charge in [-0.3, -0.25) is 20.2 Å². The van der Waals surface area contributed by atoms with E-state index < -0.39 is 0 Å². The van der Waals surface area contributed by atoms with Gasteiger partial charge in [-0.25, -0.2) is 4.68 Å². The largest absolute Gasteiger partial charge is 0.295 e. The SMILES string of the molecule is O=C(Cc1ccccc1)Nc1nc2n(n1)C(c1ccccc1)CC(=O)N2. The van der Waals surface area contributed by atoms with Crippen molar-refractivity contribution in [1.82, 2.24) is 14.8 Å². The Labute approximate surface area is 150 Å². The lowest BCUT2D eigenvalue weighted by atomic mass is 10.0. The monoisotopic (exact) mass is 347 g/mol. The van der Waals surface area contributed by atoms with E-state index in [1.807, 2.05) is 60.7 Å². The van der Waals surface area contributed by atoms with E-state index in [9.17, 15) is 9.59 Å². The summed E-state index contributed by atoms with van der Waals surface area (Å²) in [7, 11) is 0. The smallest absolute Gasteiger partial charge is 0.250 e. The van der Waals surface area contributed by atoms with Gasteiger partial charge in [-0.2, -0.15) is 4.98 Å². The molecule has 3 aromatic rings. The number of amides is 2. The minimum Gasteiger partial charge on any atom is -0.295 e. The highest BCUT2D eigenvalue weighted by Crippen LogP contribution is 2.29. The number of anilines is 2. The fourth-order valence-corrected chi connectivity index (χ4v) is 3.00. The van der Waals surface area contributed by atoms with E-state index in [-0.39, 0.29) is 36.6 Å². The van der Waals surface area contributed by atoms with Gasteiger partial charge in [0.2, 0.25) is 17.8 Å². The lowest BCUT2D eigenvalue weighted by molar-refractivity contribution is -0.117. The van der Waals surface area contributed by atoms with Crippen LogP contribution in [0.1, 0.15) is 23.6 Å². The van der Waals surface area contributed by atoms with Gasteiger partial charge < -0.3 is 0 Å². The Morgan fingerprint density at radius 2 is 1.81 bits per heavy atom. The normalized spacial score (nSPS) is 15.8. The number of carbonyl (C=O) groups is 2. The number of benzene rings is 2. The van der Waals surface area contributed by atoms with Crippen LogP contribution in [0, 0.1) is 0 Å². The molecule has 1 atom stereocenters. The molecular formula is C19H17N5O2. The maximum Gasteiger partial charge on any atom is 0.250 e. The first kappa shape index (κ1) is 16.0. The Morgan fingerprint density at radius 3 is 2.54 bits per heavy atom. The molecule has 1 aliphatic heterocycles. The third kappa shape index (κ3) is 3.32. The molecule has 7 heteroatoms. The second-order valence-electron chi connectivity index (χ2n) is 6.09. The van der Waals surface area contributed by atoms with Crippen LogP contribution in [0.25, 0.3) is 0 Å². The minimum absolute atomic E-state index is 0.124. The van der Waals surface area contributed by atoms with Crippen molar-refractivity contribution in [3.63, 3.8) is 0 Å². The molecule has 1 unspecified atom stereocenters. The highest BCUT2D eigenvalue weighted by Gasteiger charge is 2.29. The van der Waals surface area contributed by atoms with Crippen LogP contribution < -0.4 is 10.6 Å². The van der Waals surface area contributed by atoms with Crippen molar-refractivity contribution in [2.75, 3.05) is 10.6 Å². The van der Waals surface area contributed by atoms with Gasteiger partial charge in [-0.15, -0.1) is 5.10 Å². The van der Waals surface area contributed by atoms with Crippen LogP contribution in [0.4, 0.5) is 11.9 Å². The van der Waals surface area contributed by atoms with E-state index in [4.69, 9.17) is 0 Å². The number of rotatable bonds is 4. The number of fused-ring (bicyclic) bond motifs is 1. The van der Waals surface area contributed by atoms with Crippen LogP contribution in [0.2, 0.25) is 0 Å². The predicted molar refractivity (Wildman–Crippen MR) is 96.6 cm³/mol. The molecule has 2 amide bonds. The molecule has 26 heavy (non-hydrogen) atoms. The molecule has 0 bridgehead atoms. The summed E-state index contributed by atoms with van der Waals surface area (Å²) >= 11 is 0. The van der Waals surface area contributed by atoms with E-state index in [0.717, 1.165) is 11.1 Å². The van der Waals surface area contributed by atoms with E-state index in [2.05, 4.69) is 20.7 Å². The van der Waals surface area contributed by atoms with Gasteiger partial charge in [0.15, 0.2) is 0 Å². The molecule has 130 valence electrons. The number of nitrogens with zero attached hydrogens (tertiary/aromatic N) is 3. The molecule has 7 nitrogen and oxygen atoms in total. The van der Waals surface area contributed by atoms with Gasteiger partial charge in [0.25, 0.3) is 5.95 Å². The molecule has 2 aromatic carbocycles. The highest BCUT2D eigenvalue weighted by molar-refractivity contribution is 5.93. The molecule has 0 radical (unpaired) electrons. The lowest BCUT2D eigenvalue weighted by Gasteiger charge is -2.23. The van der Waals surface area contributed by atoms with E-state index in [1.54, 1.807) is 4.68 Å². The quantitative estimate of drug-likeness (QED) is 0.758. The van der Waals surface area contributed by atoms with Crippen LogP contribution >= 0.6 is 0 Å². The molecule has 0 aliphatic carbocycles. The zero-order chi connectivity index (χ0) is 17.9. The van der Waals surface area contributed by atoms with Crippen molar-refractivity contribution in [1.29, 1.82) is 0 Å². The number of carbonyl (C=O) groups excluding carboxylic acids is 2. The van der Waals surface area contributed by atoms with Crippen LogP contribution in [-0.2, 0) is 16.0 Å². The summed E-state index contributed by atoms with van der Waals surface area (Å²) in [4.78, 5) is 28.5. The lowest BCUT2D eigenvalue weighted by Crippen LogP contribution is -2.29. The predicted octanol–water partition coefficient (Wildman–Crippen LogP) is 2.39. The average Bonchev–Trinajstić information content (AvgIpc) is 3.04. The van der Waals surface area contributed by atoms with Crippen molar-refractivity contribution in [2.45, 2.75) is 18.9 Å². The van der Waals surface area contributed by atoms with Crippen LogP contribution in [0.3, 0.4) is 0 Å². The Balaban J connectivity index is 1.55. The molecule has 4 rings (SSSR count). The molecule has 0 spiro atoms. The summed E-state index contributed by atoms with van der Waals surface area (Å²) in [6.45, 7) is 0. The molecule has 1 aliphatic rings. The Morgan fingerprint density at radius 1 is 1.12 bits per heavy atom. The summed E-state index contributed by atoms with van der Waals surface area (Å²) in [6, 6.07) is 18.8. The zero-order valence-electron chi connectivity index (χ0n) is 13.9. The summed E-state index contributed by atoms with van der Waals surface area (Å²) in [6.07, 6.45) is 0.511. The molecule has 2 N–H and O–H groups in total. The van der Waals surface area contributed by atoms with E-state index >= 15 is 0 Å². The Kier molecular flexibility index (Phi) is 4.18. The Bertz CT molecular complexity index is 937. The van der Waals surface area contributed by atoms with Crippen LogP contribution in [-0.4, -0.2) is 26.6 Å². The first-order valence-electron chi connectivity index (χ1n) is 8.34. The van der Waals surface area contributed by atoms with Crippen molar-refractivity contribution in [3.8, 4) is 0 Å². The maximum atomic E-state index is 12.2. The van der Waals surface area contributed by atoms with Gasteiger partial charge in [-0.1, -0.05) is 60.7 Å². The van der Waals surface area contributed by atoms with Crippen molar-refractivity contribution in [3.05, 3.63) is 71.8 Å². The van der Waals surface area contributed by atoms with Gasteiger partial charge in [0.1, 0.15) is 0 Å². The molecule has 2 heterocycles. The zero-order valence-corrected chi connectivity index (χ0v) is 13.9. The van der Waals surface area contributed by atoms with Crippen molar-refractivity contribution >= 4 is 23.7 Å².